The minimum atomic E-state index is 0.785. The normalized spacial score (nSPS) is 17.6. The number of hydrogen-bond acceptors (Lipinski definition) is 2. The molecular formula is C11H21N3S. The fourth-order valence-corrected chi connectivity index (χ4v) is 1.86. The van der Waals surface area contributed by atoms with Crippen molar-refractivity contribution >= 4 is 17.3 Å². The van der Waals surface area contributed by atoms with Crippen LogP contribution >= 0.6 is 12.2 Å². The Morgan fingerprint density at radius 3 is 2.40 bits per heavy atom. The molecule has 1 rings (SSSR count). The fourth-order valence-electron chi connectivity index (χ4n) is 1.61. The summed E-state index contributed by atoms with van der Waals surface area (Å²) in [6.07, 6.45) is 0. The summed E-state index contributed by atoms with van der Waals surface area (Å²) in [5.41, 5.74) is 1.12. The van der Waals surface area contributed by atoms with E-state index in [1.54, 1.807) is 0 Å². The molecule has 0 unspecified atom stereocenters. The molecule has 1 aliphatic rings. The van der Waals surface area contributed by atoms with Crippen molar-refractivity contribution in [3.63, 3.8) is 0 Å². The van der Waals surface area contributed by atoms with E-state index < -0.39 is 0 Å². The Morgan fingerprint density at radius 1 is 1.33 bits per heavy atom. The SMILES string of the molecule is C=C(C)CNC(=S)N1CCN(CC)CC1. The first-order valence-electron chi connectivity index (χ1n) is 5.53. The van der Waals surface area contributed by atoms with Gasteiger partial charge in [-0.05, 0) is 25.7 Å². The smallest absolute Gasteiger partial charge is 0.169 e. The number of hydrogen-bond donors (Lipinski definition) is 1. The summed E-state index contributed by atoms with van der Waals surface area (Å²) in [4.78, 5) is 4.68. The maximum Gasteiger partial charge on any atom is 0.169 e. The highest BCUT2D eigenvalue weighted by molar-refractivity contribution is 7.80. The summed E-state index contributed by atoms with van der Waals surface area (Å²) in [5.74, 6) is 0. The van der Waals surface area contributed by atoms with Gasteiger partial charge in [-0.2, -0.15) is 0 Å². The first kappa shape index (κ1) is 12.5. The van der Waals surface area contributed by atoms with Crippen LogP contribution in [-0.4, -0.2) is 54.2 Å². The van der Waals surface area contributed by atoms with Gasteiger partial charge in [0.15, 0.2) is 5.11 Å². The van der Waals surface area contributed by atoms with Crippen LogP contribution < -0.4 is 5.32 Å². The molecule has 1 saturated heterocycles. The van der Waals surface area contributed by atoms with Gasteiger partial charge >= 0.3 is 0 Å². The van der Waals surface area contributed by atoms with Crippen LogP contribution in [0.25, 0.3) is 0 Å². The summed E-state index contributed by atoms with van der Waals surface area (Å²) < 4.78 is 0. The molecule has 3 nitrogen and oxygen atoms in total. The second-order valence-corrected chi connectivity index (χ2v) is 4.42. The van der Waals surface area contributed by atoms with Gasteiger partial charge in [0.1, 0.15) is 0 Å². The van der Waals surface area contributed by atoms with Crippen LogP contribution in [0.4, 0.5) is 0 Å². The van der Waals surface area contributed by atoms with Crippen molar-refractivity contribution in [1.82, 2.24) is 15.1 Å². The lowest BCUT2D eigenvalue weighted by Crippen LogP contribution is -2.51. The number of likely N-dealkylation sites (N-methyl/N-ethyl adjacent to an activating group) is 1. The minimum Gasteiger partial charge on any atom is -0.359 e. The largest absolute Gasteiger partial charge is 0.359 e. The predicted octanol–water partition coefficient (Wildman–Crippen LogP) is 1.07. The molecule has 0 amide bonds. The standard InChI is InChI=1S/C11H21N3S/c1-4-13-5-7-14(8-6-13)11(15)12-9-10(2)3/h2,4-9H2,1,3H3,(H,12,15). The zero-order chi connectivity index (χ0) is 11.3. The van der Waals surface area contributed by atoms with Crippen LogP contribution in [0.5, 0.6) is 0 Å². The molecule has 0 atom stereocenters. The number of thiocarbonyl (C=S) groups is 1. The number of piperazine rings is 1. The van der Waals surface area contributed by atoms with Crippen molar-refractivity contribution < 1.29 is 0 Å². The van der Waals surface area contributed by atoms with Gasteiger partial charge in [-0.1, -0.05) is 19.1 Å². The quantitative estimate of drug-likeness (QED) is 0.574. The third kappa shape index (κ3) is 4.18. The molecule has 86 valence electrons. The van der Waals surface area contributed by atoms with E-state index in [1.807, 2.05) is 6.92 Å². The van der Waals surface area contributed by atoms with Gasteiger partial charge in [-0.3, -0.25) is 0 Å². The van der Waals surface area contributed by atoms with E-state index in [1.165, 1.54) is 0 Å². The average Bonchev–Trinajstić information content (AvgIpc) is 2.26. The van der Waals surface area contributed by atoms with Crippen molar-refractivity contribution in [2.24, 2.45) is 0 Å². The van der Waals surface area contributed by atoms with Gasteiger partial charge < -0.3 is 15.1 Å². The molecule has 0 aliphatic carbocycles. The Kier molecular flexibility index (Phi) is 5.05. The monoisotopic (exact) mass is 227 g/mol. The molecule has 1 aliphatic heterocycles. The topological polar surface area (TPSA) is 18.5 Å². The summed E-state index contributed by atoms with van der Waals surface area (Å²) in [6, 6.07) is 0. The molecule has 1 heterocycles. The Balaban J connectivity index is 2.27. The highest BCUT2D eigenvalue weighted by atomic mass is 32.1. The molecule has 4 heteroatoms. The van der Waals surface area contributed by atoms with Crippen LogP contribution in [0.1, 0.15) is 13.8 Å². The van der Waals surface area contributed by atoms with Crippen molar-refractivity contribution in [3.8, 4) is 0 Å². The predicted molar refractivity (Wildman–Crippen MR) is 69.1 cm³/mol. The second kappa shape index (κ2) is 6.08. The second-order valence-electron chi connectivity index (χ2n) is 4.04. The van der Waals surface area contributed by atoms with Crippen molar-refractivity contribution in [2.45, 2.75) is 13.8 Å². The summed E-state index contributed by atoms with van der Waals surface area (Å²) in [7, 11) is 0. The van der Waals surface area contributed by atoms with Crippen LogP contribution in [-0.2, 0) is 0 Å². The lowest BCUT2D eigenvalue weighted by atomic mass is 10.3. The zero-order valence-electron chi connectivity index (χ0n) is 9.75. The third-order valence-corrected chi connectivity index (χ3v) is 3.05. The molecule has 0 radical (unpaired) electrons. The Labute approximate surface area is 98.1 Å². The molecule has 15 heavy (non-hydrogen) atoms. The molecule has 1 fully saturated rings. The van der Waals surface area contributed by atoms with Crippen molar-refractivity contribution in [3.05, 3.63) is 12.2 Å². The van der Waals surface area contributed by atoms with Gasteiger partial charge in [-0.15, -0.1) is 0 Å². The van der Waals surface area contributed by atoms with Gasteiger partial charge in [0.05, 0.1) is 0 Å². The fraction of sp³-hybridized carbons (Fsp3) is 0.727. The molecule has 1 N–H and O–H groups in total. The molecule has 0 bridgehead atoms. The van der Waals surface area contributed by atoms with Gasteiger partial charge in [-0.25, -0.2) is 0 Å². The van der Waals surface area contributed by atoms with E-state index in [4.69, 9.17) is 12.2 Å². The summed E-state index contributed by atoms with van der Waals surface area (Å²) >= 11 is 5.32. The average molecular weight is 227 g/mol. The maximum atomic E-state index is 5.32. The molecule has 0 spiro atoms. The van der Waals surface area contributed by atoms with Crippen LogP contribution in [0.2, 0.25) is 0 Å². The lowest BCUT2D eigenvalue weighted by molar-refractivity contribution is 0.189. The van der Waals surface area contributed by atoms with E-state index in [9.17, 15) is 0 Å². The van der Waals surface area contributed by atoms with E-state index in [0.29, 0.717) is 0 Å². The first-order valence-corrected chi connectivity index (χ1v) is 5.93. The van der Waals surface area contributed by atoms with E-state index in [-0.39, 0.29) is 0 Å². The van der Waals surface area contributed by atoms with E-state index >= 15 is 0 Å². The number of rotatable bonds is 3. The first-order chi connectivity index (χ1) is 7.13. The third-order valence-electron chi connectivity index (χ3n) is 2.65. The van der Waals surface area contributed by atoms with Crippen LogP contribution in [0.3, 0.4) is 0 Å². The van der Waals surface area contributed by atoms with Crippen LogP contribution in [0, 0.1) is 0 Å². The molecule has 0 aromatic heterocycles. The highest BCUT2D eigenvalue weighted by Crippen LogP contribution is 2.01. The summed E-state index contributed by atoms with van der Waals surface area (Å²) in [5, 5.41) is 4.09. The van der Waals surface area contributed by atoms with Crippen molar-refractivity contribution in [2.75, 3.05) is 39.3 Å². The Morgan fingerprint density at radius 2 is 1.93 bits per heavy atom. The van der Waals surface area contributed by atoms with Crippen LogP contribution in [0.15, 0.2) is 12.2 Å². The lowest BCUT2D eigenvalue weighted by Gasteiger charge is -2.35. The molecule has 0 aromatic rings. The van der Waals surface area contributed by atoms with E-state index in [2.05, 4.69) is 28.6 Å². The maximum absolute atomic E-state index is 5.32. The molecule has 0 saturated carbocycles. The van der Waals surface area contributed by atoms with Gasteiger partial charge in [0.2, 0.25) is 0 Å². The Bertz CT molecular complexity index is 232. The zero-order valence-corrected chi connectivity index (χ0v) is 10.6. The highest BCUT2D eigenvalue weighted by Gasteiger charge is 2.16. The molecular weight excluding hydrogens is 206 g/mol. The van der Waals surface area contributed by atoms with Gasteiger partial charge in [0.25, 0.3) is 0 Å². The Hall–Kier alpha value is -0.610. The van der Waals surface area contributed by atoms with Gasteiger partial charge in [0, 0.05) is 32.7 Å². The number of nitrogens with zero attached hydrogens (tertiary/aromatic N) is 2. The summed E-state index contributed by atoms with van der Waals surface area (Å²) in [6.45, 7) is 14.3. The van der Waals surface area contributed by atoms with Crippen molar-refractivity contribution in [1.29, 1.82) is 0 Å². The molecule has 0 aromatic carbocycles. The minimum absolute atomic E-state index is 0.785. The van der Waals surface area contributed by atoms with E-state index in [0.717, 1.165) is 50.0 Å². The number of nitrogens with one attached hydrogen (secondary N) is 1.